The minimum absolute atomic E-state index is 0.820. The molecule has 1 saturated heterocycles. The van der Waals surface area contributed by atoms with Crippen molar-refractivity contribution >= 4 is 12.0 Å². The lowest BCUT2D eigenvalue weighted by Crippen LogP contribution is -2.41. The molecule has 0 bridgehead atoms. The number of benzene rings is 1. The van der Waals surface area contributed by atoms with Crippen LogP contribution >= 0.6 is 0 Å². The van der Waals surface area contributed by atoms with Crippen LogP contribution in [-0.2, 0) is 6.54 Å². The van der Waals surface area contributed by atoms with Crippen LogP contribution in [0.4, 0.5) is 5.69 Å². The molecule has 3 heteroatoms. The van der Waals surface area contributed by atoms with Gasteiger partial charge in [-0.15, -0.1) is 0 Å². The van der Waals surface area contributed by atoms with Crippen LogP contribution in [0.1, 0.15) is 18.4 Å². The molecule has 2 heterocycles. The minimum Gasteiger partial charge on any atom is -0.269 e. The zero-order valence-corrected chi connectivity index (χ0v) is 8.76. The average Bonchev–Trinajstić information content (AvgIpc) is 2.82. The van der Waals surface area contributed by atoms with E-state index < -0.39 is 0 Å². The fraction of sp³-hybridized carbons (Fsp3) is 0.417. The first-order valence-electron chi connectivity index (χ1n) is 5.57. The van der Waals surface area contributed by atoms with E-state index in [1.54, 1.807) is 0 Å². The molecule has 2 aliphatic rings. The van der Waals surface area contributed by atoms with Gasteiger partial charge in [-0.05, 0) is 24.5 Å². The van der Waals surface area contributed by atoms with E-state index in [0.29, 0.717) is 0 Å². The van der Waals surface area contributed by atoms with Crippen LogP contribution in [0.5, 0.6) is 0 Å². The van der Waals surface area contributed by atoms with Gasteiger partial charge in [0.2, 0.25) is 0 Å². The highest BCUT2D eigenvalue weighted by Gasteiger charge is 2.22. The van der Waals surface area contributed by atoms with Gasteiger partial charge in [0.1, 0.15) is 6.34 Å². The van der Waals surface area contributed by atoms with Gasteiger partial charge in [0.05, 0.1) is 12.2 Å². The number of hydrogen-bond donors (Lipinski definition) is 0. The molecule has 0 spiro atoms. The van der Waals surface area contributed by atoms with Crippen molar-refractivity contribution in [2.75, 3.05) is 18.1 Å². The molecule has 0 aliphatic carbocycles. The summed E-state index contributed by atoms with van der Waals surface area (Å²) < 4.78 is 0. The lowest BCUT2D eigenvalue weighted by Gasteiger charge is -2.33. The summed E-state index contributed by atoms with van der Waals surface area (Å²) in [5.74, 6) is 0. The number of hydrogen-bond acceptors (Lipinski definition) is 3. The van der Waals surface area contributed by atoms with E-state index >= 15 is 0 Å². The van der Waals surface area contributed by atoms with E-state index in [0.717, 1.165) is 19.6 Å². The lowest BCUT2D eigenvalue weighted by molar-refractivity contribution is 0.355. The molecule has 1 aromatic carbocycles. The van der Waals surface area contributed by atoms with Crippen LogP contribution in [0.25, 0.3) is 0 Å². The van der Waals surface area contributed by atoms with Crippen molar-refractivity contribution < 1.29 is 0 Å². The SMILES string of the molecule is C1=NCc2ccccc2N1N1CCCC1. The molecule has 0 aromatic heterocycles. The lowest BCUT2D eigenvalue weighted by atomic mass is 10.1. The summed E-state index contributed by atoms with van der Waals surface area (Å²) in [4.78, 5) is 4.40. The molecule has 0 saturated carbocycles. The van der Waals surface area contributed by atoms with Crippen molar-refractivity contribution in [2.45, 2.75) is 19.4 Å². The fourth-order valence-electron chi connectivity index (χ4n) is 2.29. The van der Waals surface area contributed by atoms with Gasteiger partial charge in [-0.3, -0.25) is 10.0 Å². The molecule has 3 nitrogen and oxygen atoms in total. The summed E-state index contributed by atoms with van der Waals surface area (Å²) in [6, 6.07) is 8.52. The standard InChI is InChI=1S/C12H15N3/c1-2-6-12-11(5-1)9-13-10-15(12)14-7-3-4-8-14/h1-2,5-6,10H,3-4,7-9H2. The molecule has 1 aromatic rings. The summed E-state index contributed by atoms with van der Waals surface area (Å²) in [7, 11) is 0. The van der Waals surface area contributed by atoms with Crippen LogP contribution in [0, 0.1) is 0 Å². The Hall–Kier alpha value is -1.35. The second-order valence-electron chi connectivity index (χ2n) is 4.09. The van der Waals surface area contributed by atoms with Crippen LogP contribution in [0.3, 0.4) is 0 Å². The quantitative estimate of drug-likeness (QED) is 0.692. The predicted molar refractivity (Wildman–Crippen MR) is 61.9 cm³/mol. The van der Waals surface area contributed by atoms with E-state index in [2.05, 4.69) is 39.3 Å². The zero-order valence-electron chi connectivity index (χ0n) is 8.76. The Balaban J connectivity index is 1.95. The zero-order chi connectivity index (χ0) is 10.1. The van der Waals surface area contributed by atoms with Crippen molar-refractivity contribution in [3.05, 3.63) is 29.8 Å². The summed E-state index contributed by atoms with van der Waals surface area (Å²) >= 11 is 0. The highest BCUT2D eigenvalue weighted by Crippen LogP contribution is 2.26. The number of fused-ring (bicyclic) bond motifs is 1. The number of anilines is 1. The predicted octanol–water partition coefficient (Wildman–Crippen LogP) is 2.05. The van der Waals surface area contributed by atoms with Crippen molar-refractivity contribution in [1.29, 1.82) is 0 Å². The van der Waals surface area contributed by atoms with E-state index in [4.69, 9.17) is 0 Å². The van der Waals surface area contributed by atoms with E-state index in [1.165, 1.54) is 24.1 Å². The maximum atomic E-state index is 4.40. The van der Waals surface area contributed by atoms with E-state index in [-0.39, 0.29) is 0 Å². The topological polar surface area (TPSA) is 18.8 Å². The Bertz CT molecular complexity index is 380. The summed E-state index contributed by atoms with van der Waals surface area (Å²) in [6.07, 6.45) is 4.56. The Morgan fingerprint density at radius 2 is 1.87 bits per heavy atom. The van der Waals surface area contributed by atoms with E-state index in [1.807, 2.05) is 6.34 Å². The minimum atomic E-state index is 0.820. The van der Waals surface area contributed by atoms with Crippen LogP contribution in [0.15, 0.2) is 29.3 Å². The average molecular weight is 201 g/mol. The number of para-hydroxylation sites is 1. The molecule has 15 heavy (non-hydrogen) atoms. The number of aliphatic imine (C=N–C) groups is 1. The maximum absolute atomic E-state index is 4.40. The van der Waals surface area contributed by atoms with Crippen molar-refractivity contribution in [3.63, 3.8) is 0 Å². The highest BCUT2D eigenvalue weighted by molar-refractivity contribution is 5.81. The van der Waals surface area contributed by atoms with Gasteiger partial charge in [0, 0.05) is 13.1 Å². The Morgan fingerprint density at radius 1 is 1.07 bits per heavy atom. The second-order valence-corrected chi connectivity index (χ2v) is 4.09. The normalized spacial score (nSPS) is 20.7. The van der Waals surface area contributed by atoms with E-state index in [9.17, 15) is 0 Å². The number of rotatable bonds is 1. The molecule has 0 atom stereocenters. The molecule has 0 N–H and O–H groups in total. The second kappa shape index (κ2) is 3.66. The monoisotopic (exact) mass is 201 g/mol. The first-order chi connectivity index (χ1) is 7.45. The van der Waals surface area contributed by atoms with Crippen LogP contribution < -0.4 is 5.01 Å². The Morgan fingerprint density at radius 3 is 2.73 bits per heavy atom. The maximum Gasteiger partial charge on any atom is 0.105 e. The van der Waals surface area contributed by atoms with Crippen LogP contribution in [-0.4, -0.2) is 24.4 Å². The van der Waals surface area contributed by atoms with Crippen molar-refractivity contribution in [2.24, 2.45) is 4.99 Å². The molecule has 78 valence electrons. The summed E-state index contributed by atoms with van der Waals surface area (Å²) in [5, 5.41) is 4.59. The van der Waals surface area contributed by atoms with Gasteiger partial charge in [-0.1, -0.05) is 18.2 Å². The molecule has 0 radical (unpaired) electrons. The molecule has 0 amide bonds. The molecule has 1 fully saturated rings. The summed E-state index contributed by atoms with van der Waals surface area (Å²) in [6.45, 7) is 3.13. The van der Waals surface area contributed by atoms with Crippen molar-refractivity contribution in [1.82, 2.24) is 5.01 Å². The largest absolute Gasteiger partial charge is 0.269 e. The third kappa shape index (κ3) is 1.53. The third-order valence-corrected chi connectivity index (χ3v) is 3.08. The fourth-order valence-corrected chi connectivity index (χ4v) is 2.29. The van der Waals surface area contributed by atoms with Gasteiger partial charge in [0.25, 0.3) is 0 Å². The van der Waals surface area contributed by atoms with Crippen molar-refractivity contribution in [3.8, 4) is 0 Å². The number of nitrogens with zero attached hydrogens (tertiary/aromatic N) is 3. The first-order valence-corrected chi connectivity index (χ1v) is 5.57. The molecule has 0 unspecified atom stereocenters. The highest BCUT2D eigenvalue weighted by atomic mass is 15.6. The molecular formula is C12H15N3. The Labute approximate surface area is 90.0 Å². The van der Waals surface area contributed by atoms with Gasteiger partial charge in [-0.2, -0.15) is 0 Å². The smallest absolute Gasteiger partial charge is 0.105 e. The van der Waals surface area contributed by atoms with Gasteiger partial charge >= 0.3 is 0 Å². The van der Waals surface area contributed by atoms with Gasteiger partial charge < -0.3 is 0 Å². The molecular weight excluding hydrogens is 186 g/mol. The summed E-state index contributed by atoms with van der Waals surface area (Å²) in [5.41, 5.74) is 2.63. The number of hydrazine groups is 1. The van der Waals surface area contributed by atoms with Gasteiger partial charge in [0.15, 0.2) is 0 Å². The molecule has 2 aliphatic heterocycles. The third-order valence-electron chi connectivity index (χ3n) is 3.08. The van der Waals surface area contributed by atoms with Gasteiger partial charge in [-0.25, -0.2) is 5.01 Å². The first kappa shape index (κ1) is 8.92. The Kier molecular flexibility index (Phi) is 2.18. The van der Waals surface area contributed by atoms with Crippen LogP contribution in [0.2, 0.25) is 0 Å². The molecule has 3 rings (SSSR count).